The monoisotopic (exact) mass is 354 g/mol. The molecule has 0 saturated carbocycles. The Bertz CT molecular complexity index is 746. The number of hydrogen-bond acceptors (Lipinski definition) is 6. The number of benzene rings is 2. The molecule has 6 N–H and O–H groups in total. The van der Waals surface area contributed by atoms with Gasteiger partial charge in [-0.3, -0.25) is 4.55 Å². The van der Waals surface area contributed by atoms with E-state index < -0.39 is 10.4 Å². The molecule has 0 amide bonds. The zero-order valence-electron chi connectivity index (χ0n) is 14.0. The average molecular weight is 354 g/mol. The minimum atomic E-state index is -4.61. The van der Waals surface area contributed by atoms with Gasteiger partial charge in [-0.25, -0.2) is 5.26 Å². The van der Waals surface area contributed by atoms with E-state index in [1.165, 1.54) is 11.1 Å². The lowest BCUT2D eigenvalue weighted by Crippen LogP contribution is -1.97. The molecule has 7 nitrogen and oxygen atoms in total. The van der Waals surface area contributed by atoms with Crippen LogP contribution in [0.4, 0.5) is 11.4 Å². The van der Waals surface area contributed by atoms with Gasteiger partial charge in [-0.05, 0) is 85.3 Å². The van der Waals surface area contributed by atoms with Crippen molar-refractivity contribution in [3.63, 3.8) is 0 Å². The summed E-state index contributed by atoms with van der Waals surface area (Å²) >= 11 is 0. The third-order valence-corrected chi connectivity index (χ3v) is 3.80. The van der Waals surface area contributed by atoms with Crippen LogP contribution in [0.1, 0.15) is 22.3 Å². The fourth-order valence-electron chi connectivity index (χ4n) is 2.28. The molecule has 8 heteroatoms. The predicted octanol–water partition coefficient (Wildman–Crippen LogP) is 3.03. The first-order chi connectivity index (χ1) is 11.0. The average Bonchev–Trinajstić information content (AvgIpc) is 2.49. The Hall–Kier alpha value is -2.13. The Labute approximate surface area is 141 Å². The molecule has 0 radical (unpaired) electrons. The van der Waals surface area contributed by atoms with Crippen LogP contribution in [0.5, 0.6) is 0 Å². The highest BCUT2D eigenvalue weighted by Gasteiger charge is 2.07. The summed E-state index contributed by atoms with van der Waals surface area (Å²) < 4.78 is 28.0. The van der Waals surface area contributed by atoms with Gasteiger partial charge in [-0.2, -0.15) is 8.42 Å². The van der Waals surface area contributed by atoms with E-state index in [2.05, 4.69) is 28.6 Å². The van der Waals surface area contributed by atoms with E-state index in [1.54, 1.807) is 0 Å². The summed E-state index contributed by atoms with van der Waals surface area (Å²) in [6.07, 6.45) is 0. The Morgan fingerprint density at radius 3 is 1.17 bits per heavy atom. The maximum Gasteiger partial charge on any atom is 0.423 e. The van der Waals surface area contributed by atoms with Crippen LogP contribution >= 0.6 is 0 Å². The fourth-order valence-corrected chi connectivity index (χ4v) is 2.28. The molecule has 0 atom stereocenters. The van der Waals surface area contributed by atoms with Crippen LogP contribution in [0, 0.1) is 27.7 Å². The third-order valence-electron chi connectivity index (χ3n) is 3.61. The van der Waals surface area contributed by atoms with Crippen molar-refractivity contribution < 1.29 is 22.6 Å². The van der Waals surface area contributed by atoms with Gasteiger partial charge < -0.3 is 11.5 Å². The van der Waals surface area contributed by atoms with Crippen LogP contribution in [-0.4, -0.2) is 18.2 Å². The standard InChI is InChI=1S/C16H20N2.H2O5S/c1-9-5-13(6-10(2)15(9)17)14-7-11(3)16(18)12(4)8-14;1-5-6(2,3)4/h5-8H,17-18H2,1-4H3;1H,(H,2,3,4). The molecule has 0 heterocycles. The van der Waals surface area contributed by atoms with E-state index in [0.29, 0.717) is 0 Å². The van der Waals surface area contributed by atoms with Gasteiger partial charge in [0.2, 0.25) is 0 Å². The minimum Gasteiger partial charge on any atom is -0.398 e. The molecular formula is C16H22N2O5S. The second-order valence-corrected chi connectivity index (χ2v) is 6.55. The summed E-state index contributed by atoms with van der Waals surface area (Å²) in [6.45, 7) is 8.18. The van der Waals surface area contributed by atoms with E-state index in [-0.39, 0.29) is 0 Å². The van der Waals surface area contributed by atoms with Crippen molar-refractivity contribution in [1.29, 1.82) is 0 Å². The van der Waals surface area contributed by atoms with Gasteiger partial charge in [-0.15, -0.1) is 0 Å². The Kier molecular flexibility index (Phi) is 6.33. The number of hydrogen-bond donors (Lipinski definition) is 4. The topological polar surface area (TPSA) is 136 Å². The Morgan fingerprint density at radius 1 is 0.792 bits per heavy atom. The molecule has 0 aliphatic heterocycles. The first-order valence-electron chi connectivity index (χ1n) is 7.00. The summed E-state index contributed by atoms with van der Waals surface area (Å²) in [5.41, 5.74) is 20.6. The molecule has 0 bridgehead atoms. The molecule has 0 aliphatic carbocycles. The summed E-state index contributed by atoms with van der Waals surface area (Å²) in [4.78, 5) is 0. The maximum absolute atomic E-state index is 9.08. The van der Waals surface area contributed by atoms with Crippen molar-refractivity contribution in [2.45, 2.75) is 27.7 Å². The van der Waals surface area contributed by atoms with Crippen molar-refractivity contribution in [1.82, 2.24) is 0 Å². The molecular weight excluding hydrogens is 332 g/mol. The van der Waals surface area contributed by atoms with Crippen molar-refractivity contribution in [2.75, 3.05) is 11.5 Å². The highest BCUT2D eigenvalue weighted by molar-refractivity contribution is 7.80. The van der Waals surface area contributed by atoms with Crippen LogP contribution in [0.3, 0.4) is 0 Å². The number of rotatable bonds is 2. The van der Waals surface area contributed by atoms with E-state index in [9.17, 15) is 0 Å². The summed E-state index contributed by atoms with van der Waals surface area (Å²) in [5.74, 6) is 0. The SMILES string of the molecule is Cc1cc(-c2cc(C)c(N)c(C)c2)cc(C)c1N.O=S(=O)(O)OO. The number of aryl methyl sites for hydroxylation is 4. The smallest absolute Gasteiger partial charge is 0.398 e. The van der Waals surface area contributed by atoms with Crippen LogP contribution < -0.4 is 11.5 Å². The van der Waals surface area contributed by atoms with Crippen LogP contribution in [0.2, 0.25) is 0 Å². The van der Waals surface area contributed by atoms with Gasteiger partial charge in [-0.1, -0.05) is 4.33 Å². The van der Waals surface area contributed by atoms with Crippen molar-refractivity contribution in [3.05, 3.63) is 46.5 Å². The molecule has 0 aromatic heterocycles. The lowest BCUT2D eigenvalue weighted by Gasteiger charge is -2.12. The first-order valence-corrected chi connectivity index (χ1v) is 8.37. The van der Waals surface area contributed by atoms with Gasteiger partial charge >= 0.3 is 10.4 Å². The summed E-state index contributed by atoms with van der Waals surface area (Å²) in [6, 6.07) is 8.53. The molecule has 24 heavy (non-hydrogen) atoms. The van der Waals surface area contributed by atoms with Gasteiger partial charge in [0.05, 0.1) is 0 Å². The largest absolute Gasteiger partial charge is 0.423 e. The zero-order valence-corrected chi connectivity index (χ0v) is 14.8. The maximum atomic E-state index is 9.08. The molecule has 2 aromatic rings. The molecule has 2 aromatic carbocycles. The second-order valence-electron chi connectivity index (χ2n) is 5.55. The van der Waals surface area contributed by atoms with Gasteiger partial charge in [0.15, 0.2) is 0 Å². The molecule has 132 valence electrons. The predicted molar refractivity (Wildman–Crippen MR) is 94.9 cm³/mol. The minimum absolute atomic E-state index is 0.877. The van der Waals surface area contributed by atoms with E-state index in [1.807, 2.05) is 27.7 Å². The lowest BCUT2D eigenvalue weighted by atomic mass is 9.95. The van der Waals surface area contributed by atoms with Gasteiger partial charge in [0.25, 0.3) is 0 Å². The summed E-state index contributed by atoms with van der Waals surface area (Å²) in [5, 5.41) is 7.06. The van der Waals surface area contributed by atoms with Crippen molar-refractivity contribution in [3.8, 4) is 11.1 Å². The van der Waals surface area contributed by atoms with E-state index in [4.69, 9.17) is 29.7 Å². The Balaban J connectivity index is 0.000000413. The number of anilines is 2. The highest BCUT2D eigenvalue weighted by Crippen LogP contribution is 2.30. The Morgan fingerprint density at radius 2 is 1.00 bits per heavy atom. The quantitative estimate of drug-likeness (QED) is 0.281. The van der Waals surface area contributed by atoms with Crippen LogP contribution in [0.25, 0.3) is 11.1 Å². The molecule has 0 unspecified atom stereocenters. The van der Waals surface area contributed by atoms with E-state index in [0.717, 1.165) is 33.6 Å². The lowest BCUT2D eigenvalue weighted by molar-refractivity contribution is -0.139. The first kappa shape index (κ1) is 19.9. The molecule has 0 spiro atoms. The number of nitrogens with two attached hydrogens (primary N) is 2. The van der Waals surface area contributed by atoms with Gasteiger partial charge in [0, 0.05) is 11.4 Å². The molecule has 0 aliphatic rings. The summed E-state index contributed by atoms with van der Waals surface area (Å²) in [7, 11) is -4.61. The van der Waals surface area contributed by atoms with Gasteiger partial charge in [0.1, 0.15) is 0 Å². The fraction of sp³-hybridized carbons (Fsp3) is 0.250. The van der Waals surface area contributed by atoms with E-state index >= 15 is 0 Å². The zero-order chi connectivity index (χ0) is 18.7. The highest BCUT2D eigenvalue weighted by atomic mass is 32.3. The van der Waals surface area contributed by atoms with Crippen LogP contribution in [0.15, 0.2) is 24.3 Å². The molecule has 0 fully saturated rings. The normalized spacial score (nSPS) is 10.9. The second kappa shape index (κ2) is 7.63. The third kappa shape index (κ3) is 5.20. The number of nitrogen functional groups attached to an aromatic ring is 2. The van der Waals surface area contributed by atoms with Crippen LogP contribution in [-0.2, 0) is 14.7 Å². The molecule has 0 saturated heterocycles. The van der Waals surface area contributed by atoms with Crippen molar-refractivity contribution in [2.24, 2.45) is 0 Å². The van der Waals surface area contributed by atoms with Crippen molar-refractivity contribution >= 4 is 21.8 Å². The molecule has 2 rings (SSSR count).